The van der Waals surface area contributed by atoms with Crippen LogP contribution in [-0.4, -0.2) is 28.2 Å². The number of aromatic nitrogens is 2. The van der Waals surface area contributed by atoms with Crippen LogP contribution < -0.4 is 15.4 Å². The lowest BCUT2D eigenvalue weighted by Crippen LogP contribution is -2.22. The second-order valence-corrected chi connectivity index (χ2v) is 7.63. The number of nitrogens with zero attached hydrogens (tertiary/aromatic N) is 2. The van der Waals surface area contributed by atoms with Gasteiger partial charge in [0.15, 0.2) is 6.61 Å². The van der Waals surface area contributed by atoms with Gasteiger partial charge >= 0.3 is 0 Å². The number of amides is 2. The third-order valence-corrected chi connectivity index (χ3v) is 5.05. The fraction of sp³-hybridized carbons (Fsp3) is 0.115. The number of rotatable bonds is 8. The molecule has 3 aromatic carbocycles. The summed E-state index contributed by atoms with van der Waals surface area (Å²) in [5.74, 6) is -0.740. The summed E-state index contributed by atoms with van der Waals surface area (Å²) in [4.78, 5) is 25.2. The van der Waals surface area contributed by atoms with Crippen LogP contribution >= 0.6 is 0 Å². The van der Waals surface area contributed by atoms with E-state index in [4.69, 9.17) is 4.74 Å². The zero-order valence-electron chi connectivity index (χ0n) is 18.5. The average molecular weight is 458 g/mol. The van der Waals surface area contributed by atoms with Crippen molar-refractivity contribution in [2.24, 2.45) is 0 Å². The standard InChI is InChI=1S/C26H23FN4O3/c1-18-10-12-19(13-11-18)16-31-24(14-15-28-31)30-26(33)20-6-2-5-9-23(20)34-17-25(32)29-22-8-4-3-7-21(22)27/h2-15H,16-17H2,1H3,(H,29,32)(H,30,33). The zero-order chi connectivity index (χ0) is 23.9. The smallest absolute Gasteiger partial charge is 0.262 e. The summed E-state index contributed by atoms with van der Waals surface area (Å²) in [6, 6.07) is 22.2. The van der Waals surface area contributed by atoms with Crippen LogP contribution in [0.5, 0.6) is 5.75 Å². The number of carbonyl (C=O) groups is 2. The first-order chi connectivity index (χ1) is 16.5. The Kier molecular flexibility index (Phi) is 6.98. The van der Waals surface area contributed by atoms with Crippen molar-refractivity contribution in [1.29, 1.82) is 0 Å². The number of carbonyl (C=O) groups excluding carboxylic acids is 2. The summed E-state index contributed by atoms with van der Waals surface area (Å²) in [5, 5.41) is 9.59. The van der Waals surface area contributed by atoms with Crippen LogP contribution in [0.2, 0.25) is 0 Å². The van der Waals surface area contributed by atoms with Gasteiger partial charge < -0.3 is 15.4 Å². The van der Waals surface area contributed by atoms with Crippen molar-refractivity contribution in [3.8, 4) is 5.75 Å². The average Bonchev–Trinajstić information content (AvgIpc) is 3.27. The summed E-state index contributed by atoms with van der Waals surface area (Å²) in [7, 11) is 0. The molecule has 0 radical (unpaired) electrons. The number of ether oxygens (including phenoxy) is 1. The van der Waals surface area contributed by atoms with Crippen LogP contribution in [0, 0.1) is 12.7 Å². The van der Waals surface area contributed by atoms with E-state index in [0.717, 1.165) is 11.1 Å². The molecule has 0 aliphatic rings. The Morgan fingerprint density at radius 2 is 1.68 bits per heavy atom. The first kappa shape index (κ1) is 22.7. The Labute approximate surface area is 196 Å². The molecule has 0 fully saturated rings. The topological polar surface area (TPSA) is 85.2 Å². The van der Waals surface area contributed by atoms with Crippen LogP contribution in [0.15, 0.2) is 85.1 Å². The lowest BCUT2D eigenvalue weighted by molar-refractivity contribution is -0.118. The summed E-state index contributed by atoms with van der Waals surface area (Å²) >= 11 is 0. The number of anilines is 2. The monoisotopic (exact) mass is 458 g/mol. The normalized spacial score (nSPS) is 10.5. The minimum atomic E-state index is -0.545. The number of hydrogen-bond acceptors (Lipinski definition) is 4. The van der Waals surface area contributed by atoms with Gasteiger partial charge in [-0.3, -0.25) is 9.59 Å². The van der Waals surface area contributed by atoms with Gasteiger partial charge in [-0.1, -0.05) is 54.1 Å². The van der Waals surface area contributed by atoms with E-state index in [1.807, 2.05) is 31.2 Å². The van der Waals surface area contributed by atoms with Crippen LogP contribution in [0.25, 0.3) is 0 Å². The highest BCUT2D eigenvalue weighted by atomic mass is 19.1. The summed E-state index contributed by atoms with van der Waals surface area (Å²) in [5.41, 5.74) is 2.53. The summed E-state index contributed by atoms with van der Waals surface area (Å²) in [6.07, 6.45) is 1.61. The first-order valence-electron chi connectivity index (χ1n) is 10.6. The van der Waals surface area contributed by atoms with Crippen LogP contribution in [0.1, 0.15) is 21.5 Å². The molecule has 0 saturated heterocycles. The molecule has 0 spiro atoms. The molecule has 2 amide bonds. The van der Waals surface area contributed by atoms with Crippen LogP contribution in [0.4, 0.5) is 15.9 Å². The van der Waals surface area contributed by atoms with Crippen molar-refractivity contribution < 1.29 is 18.7 Å². The van der Waals surface area contributed by atoms with Crippen molar-refractivity contribution in [3.63, 3.8) is 0 Å². The Hall–Kier alpha value is -4.46. The fourth-order valence-corrected chi connectivity index (χ4v) is 3.29. The molecule has 0 aliphatic heterocycles. The van der Waals surface area contributed by atoms with E-state index in [-0.39, 0.29) is 23.6 Å². The Balaban J connectivity index is 1.41. The highest BCUT2D eigenvalue weighted by molar-refractivity contribution is 6.05. The quantitative estimate of drug-likeness (QED) is 0.403. The lowest BCUT2D eigenvalue weighted by Gasteiger charge is -2.13. The molecular weight excluding hydrogens is 435 g/mol. The van der Waals surface area contributed by atoms with Crippen molar-refractivity contribution in [1.82, 2.24) is 9.78 Å². The molecule has 1 aromatic heterocycles. The van der Waals surface area contributed by atoms with Gasteiger partial charge in [-0.05, 0) is 36.8 Å². The van der Waals surface area contributed by atoms with Crippen molar-refractivity contribution >= 4 is 23.3 Å². The second kappa shape index (κ2) is 10.4. The minimum Gasteiger partial charge on any atom is -0.483 e. The SMILES string of the molecule is Cc1ccc(Cn2nccc2NC(=O)c2ccccc2OCC(=O)Nc2ccccc2F)cc1. The van der Waals surface area contributed by atoms with E-state index in [9.17, 15) is 14.0 Å². The maximum Gasteiger partial charge on any atom is 0.262 e. The molecule has 4 aromatic rings. The van der Waals surface area contributed by atoms with E-state index >= 15 is 0 Å². The molecule has 1 heterocycles. The van der Waals surface area contributed by atoms with E-state index in [1.165, 1.54) is 18.2 Å². The number of hydrogen-bond donors (Lipinski definition) is 2. The van der Waals surface area contributed by atoms with E-state index in [1.54, 1.807) is 47.3 Å². The number of benzene rings is 3. The number of para-hydroxylation sites is 2. The maximum absolute atomic E-state index is 13.7. The van der Waals surface area contributed by atoms with Gasteiger partial charge in [0.2, 0.25) is 0 Å². The number of aryl methyl sites for hydroxylation is 1. The summed E-state index contributed by atoms with van der Waals surface area (Å²) in [6.45, 7) is 2.13. The predicted octanol–water partition coefficient (Wildman–Crippen LogP) is 4.65. The van der Waals surface area contributed by atoms with Gasteiger partial charge in [0.05, 0.1) is 24.0 Å². The highest BCUT2D eigenvalue weighted by Gasteiger charge is 2.16. The fourth-order valence-electron chi connectivity index (χ4n) is 3.29. The summed E-state index contributed by atoms with van der Waals surface area (Å²) < 4.78 is 21.0. The molecule has 7 nitrogen and oxygen atoms in total. The molecule has 0 atom stereocenters. The van der Waals surface area contributed by atoms with Crippen LogP contribution in [0.3, 0.4) is 0 Å². The first-order valence-corrected chi connectivity index (χ1v) is 10.6. The van der Waals surface area contributed by atoms with E-state index in [2.05, 4.69) is 15.7 Å². The molecule has 2 N–H and O–H groups in total. The van der Waals surface area contributed by atoms with E-state index < -0.39 is 17.6 Å². The van der Waals surface area contributed by atoms with Gasteiger partial charge in [0.25, 0.3) is 11.8 Å². The molecule has 8 heteroatoms. The molecular formula is C26H23FN4O3. The van der Waals surface area contributed by atoms with Crippen molar-refractivity contribution in [3.05, 3.63) is 108 Å². The molecule has 0 aliphatic carbocycles. The van der Waals surface area contributed by atoms with E-state index in [0.29, 0.717) is 12.4 Å². The Morgan fingerprint density at radius 3 is 2.47 bits per heavy atom. The van der Waals surface area contributed by atoms with Gasteiger partial charge in [-0.25, -0.2) is 9.07 Å². The maximum atomic E-state index is 13.7. The minimum absolute atomic E-state index is 0.0592. The lowest BCUT2D eigenvalue weighted by atomic mass is 10.1. The third kappa shape index (κ3) is 5.66. The largest absolute Gasteiger partial charge is 0.483 e. The second-order valence-electron chi connectivity index (χ2n) is 7.63. The van der Waals surface area contributed by atoms with Gasteiger partial charge in [0.1, 0.15) is 17.4 Å². The molecule has 172 valence electrons. The third-order valence-electron chi connectivity index (χ3n) is 5.05. The molecule has 0 saturated carbocycles. The molecule has 0 unspecified atom stereocenters. The van der Waals surface area contributed by atoms with Crippen molar-refractivity contribution in [2.75, 3.05) is 17.2 Å². The molecule has 34 heavy (non-hydrogen) atoms. The number of halogens is 1. The zero-order valence-corrected chi connectivity index (χ0v) is 18.5. The van der Waals surface area contributed by atoms with Crippen molar-refractivity contribution in [2.45, 2.75) is 13.5 Å². The van der Waals surface area contributed by atoms with Gasteiger partial charge in [0, 0.05) is 6.07 Å². The molecule has 4 rings (SSSR count). The molecule has 0 bridgehead atoms. The highest BCUT2D eigenvalue weighted by Crippen LogP contribution is 2.21. The van der Waals surface area contributed by atoms with Gasteiger partial charge in [-0.15, -0.1) is 0 Å². The van der Waals surface area contributed by atoms with Gasteiger partial charge in [-0.2, -0.15) is 5.10 Å². The number of nitrogens with one attached hydrogen (secondary N) is 2. The van der Waals surface area contributed by atoms with Crippen LogP contribution in [-0.2, 0) is 11.3 Å². The Bertz CT molecular complexity index is 1300. The predicted molar refractivity (Wildman–Crippen MR) is 127 cm³/mol. The Morgan fingerprint density at radius 1 is 0.941 bits per heavy atom.